The lowest BCUT2D eigenvalue weighted by Gasteiger charge is -2.14. The predicted octanol–water partition coefficient (Wildman–Crippen LogP) is 5.23. The Hall–Kier alpha value is -1.96. The van der Waals surface area contributed by atoms with E-state index in [0.717, 1.165) is 12.2 Å². The average molecular weight is 270 g/mol. The van der Waals surface area contributed by atoms with Gasteiger partial charge in [0, 0.05) is 0 Å². The second-order valence-electron chi connectivity index (χ2n) is 5.08. The van der Waals surface area contributed by atoms with Crippen LogP contribution in [-0.4, -0.2) is 5.11 Å². The maximum absolute atomic E-state index is 9.82. The molecule has 0 bridgehead atoms. The number of phenolic OH excluding ortho intramolecular Hbond substituents is 1. The normalized spacial score (nSPS) is 10.5. The van der Waals surface area contributed by atoms with Gasteiger partial charge in [-0.05, 0) is 49.1 Å². The molecule has 2 aromatic rings. The summed E-state index contributed by atoms with van der Waals surface area (Å²) in [7, 11) is 0. The van der Waals surface area contributed by atoms with Crippen molar-refractivity contribution < 1.29 is 9.84 Å². The topological polar surface area (TPSA) is 29.5 Å². The SMILES string of the molecule is CCCCCc1c(C)cccc1Oc1ccccc1O. The minimum Gasteiger partial charge on any atom is -0.504 e. The summed E-state index contributed by atoms with van der Waals surface area (Å²) < 4.78 is 5.90. The molecule has 2 nitrogen and oxygen atoms in total. The van der Waals surface area contributed by atoms with E-state index < -0.39 is 0 Å². The van der Waals surface area contributed by atoms with Crippen LogP contribution in [0.4, 0.5) is 0 Å². The van der Waals surface area contributed by atoms with Crippen LogP contribution >= 0.6 is 0 Å². The van der Waals surface area contributed by atoms with Gasteiger partial charge in [-0.1, -0.05) is 44.0 Å². The maximum Gasteiger partial charge on any atom is 0.169 e. The predicted molar refractivity (Wildman–Crippen MR) is 82.6 cm³/mol. The molecule has 0 amide bonds. The fourth-order valence-corrected chi connectivity index (χ4v) is 2.31. The molecule has 0 aliphatic carbocycles. The Morgan fingerprint density at radius 3 is 2.45 bits per heavy atom. The van der Waals surface area contributed by atoms with Gasteiger partial charge >= 0.3 is 0 Å². The number of ether oxygens (including phenoxy) is 1. The number of unbranched alkanes of at least 4 members (excludes halogenated alkanes) is 2. The summed E-state index contributed by atoms with van der Waals surface area (Å²) >= 11 is 0. The lowest BCUT2D eigenvalue weighted by Crippen LogP contribution is -1.96. The smallest absolute Gasteiger partial charge is 0.169 e. The molecule has 0 unspecified atom stereocenters. The van der Waals surface area contributed by atoms with Gasteiger partial charge in [-0.15, -0.1) is 0 Å². The quantitative estimate of drug-likeness (QED) is 0.729. The minimum atomic E-state index is 0.175. The first-order chi connectivity index (χ1) is 9.72. The fraction of sp³-hybridized carbons (Fsp3) is 0.333. The van der Waals surface area contributed by atoms with Gasteiger partial charge < -0.3 is 9.84 Å². The molecule has 20 heavy (non-hydrogen) atoms. The first kappa shape index (κ1) is 14.4. The molecule has 106 valence electrons. The van der Waals surface area contributed by atoms with E-state index >= 15 is 0 Å². The van der Waals surface area contributed by atoms with Gasteiger partial charge in [-0.25, -0.2) is 0 Å². The van der Waals surface area contributed by atoms with Gasteiger partial charge in [0.25, 0.3) is 0 Å². The first-order valence-electron chi connectivity index (χ1n) is 7.26. The second-order valence-corrected chi connectivity index (χ2v) is 5.08. The molecule has 0 aromatic heterocycles. The Bertz CT molecular complexity index is 561. The van der Waals surface area contributed by atoms with Crippen molar-refractivity contribution in [3.63, 3.8) is 0 Å². The van der Waals surface area contributed by atoms with Crippen LogP contribution in [0.25, 0.3) is 0 Å². The zero-order valence-corrected chi connectivity index (χ0v) is 12.2. The Morgan fingerprint density at radius 1 is 0.950 bits per heavy atom. The largest absolute Gasteiger partial charge is 0.504 e. The molecule has 0 fully saturated rings. The van der Waals surface area contributed by atoms with Crippen LogP contribution in [0.5, 0.6) is 17.2 Å². The molecule has 1 N–H and O–H groups in total. The summed E-state index contributed by atoms with van der Waals surface area (Å²) in [6.07, 6.45) is 4.62. The number of rotatable bonds is 6. The zero-order valence-electron chi connectivity index (χ0n) is 12.2. The van der Waals surface area contributed by atoms with E-state index in [0.29, 0.717) is 5.75 Å². The number of hydrogen-bond acceptors (Lipinski definition) is 2. The minimum absolute atomic E-state index is 0.175. The van der Waals surface area contributed by atoms with E-state index in [1.165, 1.54) is 30.4 Å². The van der Waals surface area contributed by atoms with Crippen LogP contribution in [-0.2, 0) is 6.42 Å². The summed E-state index contributed by atoms with van der Waals surface area (Å²) in [4.78, 5) is 0. The Labute approximate surface area is 121 Å². The third kappa shape index (κ3) is 3.53. The molecule has 0 heterocycles. The summed E-state index contributed by atoms with van der Waals surface area (Å²) in [6.45, 7) is 4.32. The van der Waals surface area contributed by atoms with E-state index in [1.54, 1.807) is 18.2 Å². The van der Waals surface area contributed by atoms with E-state index in [9.17, 15) is 5.11 Å². The first-order valence-corrected chi connectivity index (χ1v) is 7.26. The molecule has 0 spiro atoms. The molecular formula is C18H22O2. The van der Waals surface area contributed by atoms with Crippen LogP contribution < -0.4 is 4.74 Å². The van der Waals surface area contributed by atoms with Gasteiger partial charge in [0.1, 0.15) is 5.75 Å². The Morgan fingerprint density at radius 2 is 1.70 bits per heavy atom. The monoisotopic (exact) mass is 270 g/mol. The van der Waals surface area contributed by atoms with Crippen molar-refractivity contribution in [3.05, 3.63) is 53.6 Å². The highest BCUT2D eigenvalue weighted by Gasteiger charge is 2.09. The molecule has 0 atom stereocenters. The molecular weight excluding hydrogens is 248 g/mol. The van der Waals surface area contributed by atoms with Gasteiger partial charge in [0.15, 0.2) is 11.5 Å². The Kier molecular flexibility index (Phi) is 5.05. The summed E-state index contributed by atoms with van der Waals surface area (Å²) in [5.41, 5.74) is 2.48. The molecule has 2 heteroatoms. The molecule has 0 aliphatic rings. The van der Waals surface area contributed by atoms with Gasteiger partial charge in [0.05, 0.1) is 0 Å². The summed E-state index contributed by atoms with van der Waals surface area (Å²) in [5.74, 6) is 1.53. The number of para-hydroxylation sites is 2. The van der Waals surface area contributed by atoms with Crippen molar-refractivity contribution in [2.45, 2.75) is 39.5 Å². The fourth-order valence-electron chi connectivity index (χ4n) is 2.31. The number of aromatic hydroxyl groups is 1. The lowest BCUT2D eigenvalue weighted by molar-refractivity contribution is 0.408. The van der Waals surface area contributed by atoms with Gasteiger partial charge in [-0.3, -0.25) is 0 Å². The molecule has 0 radical (unpaired) electrons. The number of benzene rings is 2. The Balaban J connectivity index is 2.23. The highest BCUT2D eigenvalue weighted by Crippen LogP contribution is 2.33. The van der Waals surface area contributed by atoms with Gasteiger partial charge in [-0.2, -0.15) is 0 Å². The summed E-state index contributed by atoms with van der Waals surface area (Å²) in [6, 6.07) is 13.2. The van der Waals surface area contributed by atoms with Crippen LogP contribution in [0.15, 0.2) is 42.5 Å². The van der Waals surface area contributed by atoms with Crippen LogP contribution in [0.2, 0.25) is 0 Å². The zero-order chi connectivity index (χ0) is 14.4. The van der Waals surface area contributed by atoms with Crippen molar-refractivity contribution in [1.82, 2.24) is 0 Å². The number of hydrogen-bond donors (Lipinski definition) is 1. The highest BCUT2D eigenvalue weighted by atomic mass is 16.5. The maximum atomic E-state index is 9.82. The standard InChI is InChI=1S/C18H22O2/c1-3-4-5-10-15-14(2)9-8-13-17(15)20-18-12-7-6-11-16(18)19/h6-9,11-13,19H,3-5,10H2,1-2H3. The van der Waals surface area contributed by atoms with Crippen LogP contribution in [0.1, 0.15) is 37.3 Å². The van der Waals surface area contributed by atoms with Crippen molar-refractivity contribution in [2.75, 3.05) is 0 Å². The number of aryl methyl sites for hydroxylation is 1. The van der Waals surface area contributed by atoms with E-state index in [1.807, 2.05) is 18.2 Å². The average Bonchev–Trinajstić information content (AvgIpc) is 2.44. The van der Waals surface area contributed by atoms with Crippen LogP contribution in [0.3, 0.4) is 0 Å². The number of phenols is 1. The summed E-state index contributed by atoms with van der Waals surface area (Å²) in [5, 5.41) is 9.82. The third-order valence-corrected chi connectivity index (χ3v) is 3.48. The molecule has 0 saturated carbocycles. The molecule has 2 aromatic carbocycles. The van der Waals surface area contributed by atoms with Crippen molar-refractivity contribution in [3.8, 4) is 17.2 Å². The molecule has 0 saturated heterocycles. The van der Waals surface area contributed by atoms with Crippen LogP contribution in [0, 0.1) is 6.92 Å². The third-order valence-electron chi connectivity index (χ3n) is 3.48. The van der Waals surface area contributed by atoms with Crippen molar-refractivity contribution >= 4 is 0 Å². The molecule has 2 rings (SSSR count). The molecule has 0 aliphatic heterocycles. The van der Waals surface area contributed by atoms with E-state index in [2.05, 4.69) is 19.9 Å². The van der Waals surface area contributed by atoms with E-state index in [4.69, 9.17) is 4.74 Å². The van der Waals surface area contributed by atoms with Crippen molar-refractivity contribution in [1.29, 1.82) is 0 Å². The lowest BCUT2D eigenvalue weighted by atomic mass is 10.0. The van der Waals surface area contributed by atoms with Crippen molar-refractivity contribution in [2.24, 2.45) is 0 Å². The highest BCUT2D eigenvalue weighted by molar-refractivity contribution is 5.46. The second kappa shape index (κ2) is 6.99. The van der Waals surface area contributed by atoms with E-state index in [-0.39, 0.29) is 5.75 Å². The van der Waals surface area contributed by atoms with Gasteiger partial charge in [0.2, 0.25) is 0 Å².